The minimum Gasteiger partial charge on any atom is -0.459 e. The van der Waals surface area contributed by atoms with Crippen molar-refractivity contribution in [1.29, 1.82) is 0 Å². The SMILES string of the molecule is CC(=O)O[C@@H]1[C@H](OC(=O)c2ccccc2)[C@@H](COC(=O)c2ccccc2)O[C@H]1O. The van der Waals surface area contributed by atoms with E-state index in [9.17, 15) is 19.5 Å². The molecule has 1 saturated heterocycles. The molecular formula is C21H20O8. The molecule has 1 fully saturated rings. The van der Waals surface area contributed by atoms with Crippen LogP contribution >= 0.6 is 0 Å². The van der Waals surface area contributed by atoms with Crippen LogP contribution in [0, 0.1) is 0 Å². The number of hydrogen-bond donors (Lipinski definition) is 1. The fourth-order valence-corrected chi connectivity index (χ4v) is 2.88. The summed E-state index contributed by atoms with van der Waals surface area (Å²) in [6.07, 6.45) is -4.96. The van der Waals surface area contributed by atoms with E-state index < -0.39 is 42.5 Å². The molecule has 1 aliphatic heterocycles. The van der Waals surface area contributed by atoms with Gasteiger partial charge in [-0.05, 0) is 24.3 Å². The molecule has 0 amide bonds. The number of aliphatic hydroxyl groups excluding tert-OH is 1. The van der Waals surface area contributed by atoms with E-state index in [1.807, 2.05) is 0 Å². The Balaban J connectivity index is 1.72. The normalized spacial score (nSPS) is 23.2. The van der Waals surface area contributed by atoms with Crippen LogP contribution in [0.3, 0.4) is 0 Å². The zero-order chi connectivity index (χ0) is 20.8. The van der Waals surface area contributed by atoms with E-state index in [1.54, 1.807) is 60.7 Å². The maximum atomic E-state index is 12.4. The lowest BCUT2D eigenvalue weighted by atomic mass is 10.1. The van der Waals surface area contributed by atoms with Crippen molar-refractivity contribution < 1.29 is 38.4 Å². The van der Waals surface area contributed by atoms with Crippen LogP contribution in [0.15, 0.2) is 60.7 Å². The minimum atomic E-state index is -1.53. The fourth-order valence-electron chi connectivity index (χ4n) is 2.88. The van der Waals surface area contributed by atoms with Crippen molar-refractivity contribution in [2.75, 3.05) is 6.61 Å². The second-order valence-electron chi connectivity index (χ2n) is 6.34. The summed E-state index contributed by atoms with van der Waals surface area (Å²) in [4.78, 5) is 36.0. The lowest BCUT2D eigenvalue weighted by Gasteiger charge is -2.22. The van der Waals surface area contributed by atoms with Gasteiger partial charge >= 0.3 is 17.9 Å². The second kappa shape index (κ2) is 9.31. The Bertz CT molecular complexity index is 851. The van der Waals surface area contributed by atoms with E-state index in [-0.39, 0.29) is 12.2 Å². The van der Waals surface area contributed by atoms with Crippen LogP contribution in [0.1, 0.15) is 27.6 Å². The van der Waals surface area contributed by atoms with Crippen LogP contribution in [-0.2, 0) is 23.7 Å². The van der Waals surface area contributed by atoms with Gasteiger partial charge in [-0.2, -0.15) is 0 Å². The van der Waals surface area contributed by atoms with Crippen molar-refractivity contribution in [3.8, 4) is 0 Å². The van der Waals surface area contributed by atoms with Crippen LogP contribution in [0.25, 0.3) is 0 Å². The molecule has 1 aliphatic rings. The van der Waals surface area contributed by atoms with E-state index in [0.29, 0.717) is 5.56 Å². The Morgan fingerprint density at radius 3 is 1.97 bits per heavy atom. The van der Waals surface area contributed by atoms with Crippen molar-refractivity contribution in [2.45, 2.75) is 31.5 Å². The molecule has 8 heteroatoms. The zero-order valence-corrected chi connectivity index (χ0v) is 15.6. The molecule has 4 atom stereocenters. The highest BCUT2D eigenvalue weighted by Crippen LogP contribution is 2.27. The Kier molecular flexibility index (Phi) is 6.58. The van der Waals surface area contributed by atoms with Gasteiger partial charge in [-0.1, -0.05) is 36.4 Å². The van der Waals surface area contributed by atoms with Gasteiger partial charge in [0.1, 0.15) is 12.7 Å². The highest BCUT2D eigenvalue weighted by molar-refractivity contribution is 5.90. The van der Waals surface area contributed by atoms with Crippen molar-refractivity contribution in [1.82, 2.24) is 0 Å². The van der Waals surface area contributed by atoms with E-state index in [0.717, 1.165) is 6.92 Å². The van der Waals surface area contributed by atoms with Crippen LogP contribution in [-0.4, -0.2) is 54.2 Å². The van der Waals surface area contributed by atoms with E-state index in [1.165, 1.54) is 0 Å². The Labute approximate surface area is 167 Å². The predicted octanol–water partition coefficient (Wildman–Crippen LogP) is 1.72. The molecule has 8 nitrogen and oxygen atoms in total. The van der Waals surface area contributed by atoms with Gasteiger partial charge in [-0.3, -0.25) is 4.79 Å². The van der Waals surface area contributed by atoms with Crippen LogP contribution < -0.4 is 0 Å². The Hall–Kier alpha value is -3.23. The van der Waals surface area contributed by atoms with Crippen molar-refractivity contribution >= 4 is 17.9 Å². The van der Waals surface area contributed by atoms with Gasteiger partial charge in [0.15, 0.2) is 18.5 Å². The van der Waals surface area contributed by atoms with Crippen LogP contribution in [0.5, 0.6) is 0 Å². The van der Waals surface area contributed by atoms with Crippen LogP contribution in [0.2, 0.25) is 0 Å². The van der Waals surface area contributed by atoms with Gasteiger partial charge in [0.2, 0.25) is 0 Å². The van der Waals surface area contributed by atoms with Crippen molar-refractivity contribution in [2.24, 2.45) is 0 Å². The van der Waals surface area contributed by atoms with E-state index >= 15 is 0 Å². The summed E-state index contributed by atoms with van der Waals surface area (Å²) in [5, 5.41) is 10.1. The summed E-state index contributed by atoms with van der Waals surface area (Å²) in [5.41, 5.74) is 0.607. The summed E-state index contributed by atoms with van der Waals surface area (Å²) in [5.74, 6) is -1.97. The van der Waals surface area contributed by atoms with Gasteiger partial charge in [0.25, 0.3) is 0 Å². The molecular weight excluding hydrogens is 380 g/mol. The predicted molar refractivity (Wildman–Crippen MR) is 98.8 cm³/mol. The second-order valence-corrected chi connectivity index (χ2v) is 6.34. The van der Waals surface area contributed by atoms with E-state index in [2.05, 4.69) is 0 Å². The molecule has 1 N–H and O–H groups in total. The molecule has 0 spiro atoms. The third-order valence-electron chi connectivity index (χ3n) is 4.23. The monoisotopic (exact) mass is 400 g/mol. The molecule has 0 unspecified atom stereocenters. The van der Waals surface area contributed by atoms with Gasteiger partial charge in [-0.25, -0.2) is 9.59 Å². The number of hydrogen-bond acceptors (Lipinski definition) is 8. The molecule has 152 valence electrons. The van der Waals surface area contributed by atoms with E-state index in [4.69, 9.17) is 18.9 Å². The number of carbonyl (C=O) groups excluding carboxylic acids is 3. The maximum absolute atomic E-state index is 12.4. The lowest BCUT2D eigenvalue weighted by Crippen LogP contribution is -2.41. The number of carbonyl (C=O) groups is 3. The summed E-state index contributed by atoms with van der Waals surface area (Å²) >= 11 is 0. The third kappa shape index (κ3) is 5.18. The Morgan fingerprint density at radius 1 is 0.862 bits per heavy atom. The first kappa shape index (κ1) is 20.5. The number of ether oxygens (including phenoxy) is 4. The quantitative estimate of drug-likeness (QED) is 0.577. The van der Waals surface area contributed by atoms with Gasteiger partial charge in [0, 0.05) is 6.92 Å². The average molecular weight is 400 g/mol. The minimum absolute atomic E-state index is 0.274. The Morgan fingerprint density at radius 2 is 1.41 bits per heavy atom. The standard InChI is InChI=1S/C21H20O8/c1-13(22)27-18-17(29-20(24)15-10-6-3-7-11-15)16(28-21(18)25)12-26-19(23)14-8-4-2-5-9-14/h2-11,16-18,21,25H,12H2,1H3/t16-,17-,18-,21-/m1/s1. The summed E-state index contributed by atoms with van der Waals surface area (Å²) in [7, 11) is 0. The first-order valence-corrected chi connectivity index (χ1v) is 8.94. The first-order chi connectivity index (χ1) is 14.0. The average Bonchev–Trinajstić information content (AvgIpc) is 3.01. The summed E-state index contributed by atoms with van der Waals surface area (Å²) < 4.78 is 21.1. The molecule has 0 radical (unpaired) electrons. The zero-order valence-electron chi connectivity index (χ0n) is 15.6. The molecule has 2 aromatic rings. The third-order valence-corrected chi connectivity index (χ3v) is 4.23. The maximum Gasteiger partial charge on any atom is 0.338 e. The van der Waals surface area contributed by atoms with Gasteiger partial charge in [-0.15, -0.1) is 0 Å². The number of esters is 3. The number of aliphatic hydroxyl groups is 1. The van der Waals surface area contributed by atoms with Gasteiger partial charge < -0.3 is 24.1 Å². The smallest absolute Gasteiger partial charge is 0.338 e. The molecule has 0 saturated carbocycles. The van der Waals surface area contributed by atoms with Crippen molar-refractivity contribution in [3.05, 3.63) is 71.8 Å². The summed E-state index contributed by atoms with van der Waals surface area (Å²) in [6, 6.07) is 16.5. The number of rotatable bonds is 6. The highest BCUT2D eigenvalue weighted by atomic mass is 16.7. The molecule has 0 aliphatic carbocycles. The molecule has 3 rings (SSSR count). The highest BCUT2D eigenvalue weighted by Gasteiger charge is 2.49. The molecule has 0 bridgehead atoms. The van der Waals surface area contributed by atoms with Gasteiger partial charge in [0.05, 0.1) is 11.1 Å². The van der Waals surface area contributed by atoms with Crippen molar-refractivity contribution in [3.63, 3.8) is 0 Å². The molecule has 29 heavy (non-hydrogen) atoms. The first-order valence-electron chi connectivity index (χ1n) is 8.94. The summed E-state index contributed by atoms with van der Waals surface area (Å²) in [6.45, 7) is 0.848. The molecule has 2 aromatic carbocycles. The van der Waals surface area contributed by atoms with Crippen LogP contribution in [0.4, 0.5) is 0 Å². The molecule has 1 heterocycles. The molecule has 0 aromatic heterocycles. The lowest BCUT2D eigenvalue weighted by molar-refractivity contribution is -0.170. The number of benzene rings is 2. The largest absolute Gasteiger partial charge is 0.459 e. The fraction of sp³-hybridized carbons (Fsp3) is 0.286. The topological polar surface area (TPSA) is 108 Å².